The Balaban J connectivity index is 1.48. The van der Waals surface area contributed by atoms with Crippen molar-refractivity contribution in [3.63, 3.8) is 0 Å². The first kappa shape index (κ1) is 18.2. The van der Waals surface area contributed by atoms with Gasteiger partial charge in [0.2, 0.25) is 5.91 Å². The number of hydrogen-bond donors (Lipinski definition) is 1. The van der Waals surface area contributed by atoms with E-state index in [1.165, 1.54) is 0 Å². The van der Waals surface area contributed by atoms with Gasteiger partial charge in [-0.1, -0.05) is 0 Å². The zero-order chi connectivity index (χ0) is 17.6. The molecule has 1 fully saturated rings. The van der Waals surface area contributed by atoms with Crippen molar-refractivity contribution >= 4 is 16.7 Å². The molecule has 1 aromatic rings. The highest BCUT2D eigenvalue weighted by Gasteiger charge is 2.23. The molecular formula is C18H26N2O4S. The number of piperidine rings is 1. The molecule has 2 heterocycles. The highest BCUT2D eigenvalue weighted by atomic mass is 32.2. The molecule has 1 saturated heterocycles. The first-order valence-corrected chi connectivity index (χ1v) is 10.2. The molecule has 1 N–H and O–H groups in total. The van der Waals surface area contributed by atoms with Gasteiger partial charge in [0, 0.05) is 36.2 Å². The molecule has 7 heteroatoms. The molecular weight excluding hydrogens is 340 g/mol. The minimum Gasteiger partial charge on any atom is -0.486 e. The van der Waals surface area contributed by atoms with Gasteiger partial charge in [-0.2, -0.15) is 0 Å². The van der Waals surface area contributed by atoms with Crippen LogP contribution in [0.25, 0.3) is 0 Å². The van der Waals surface area contributed by atoms with Crippen molar-refractivity contribution in [3.05, 3.63) is 18.2 Å². The lowest BCUT2D eigenvalue weighted by molar-refractivity contribution is -0.132. The molecule has 1 unspecified atom stereocenters. The largest absolute Gasteiger partial charge is 0.486 e. The Morgan fingerprint density at radius 1 is 1.24 bits per heavy atom. The Kier molecular flexibility index (Phi) is 6.31. The molecule has 0 bridgehead atoms. The summed E-state index contributed by atoms with van der Waals surface area (Å²) in [5, 5.41) is 3.20. The van der Waals surface area contributed by atoms with E-state index >= 15 is 0 Å². The van der Waals surface area contributed by atoms with Gasteiger partial charge < -0.3 is 19.7 Å². The van der Waals surface area contributed by atoms with Crippen LogP contribution in [0.15, 0.2) is 23.1 Å². The normalized spacial score (nSPS) is 18.8. The van der Waals surface area contributed by atoms with Gasteiger partial charge >= 0.3 is 0 Å². The lowest BCUT2D eigenvalue weighted by atomic mass is 9.97. The molecule has 1 amide bonds. The van der Waals surface area contributed by atoms with Crippen molar-refractivity contribution in [1.82, 2.24) is 10.2 Å². The van der Waals surface area contributed by atoms with E-state index in [2.05, 4.69) is 5.32 Å². The van der Waals surface area contributed by atoms with E-state index in [4.69, 9.17) is 9.47 Å². The number of amides is 1. The molecule has 2 aliphatic rings. The van der Waals surface area contributed by atoms with E-state index in [0.717, 1.165) is 32.5 Å². The molecule has 25 heavy (non-hydrogen) atoms. The van der Waals surface area contributed by atoms with E-state index < -0.39 is 10.8 Å². The molecule has 0 aromatic heterocycles. The lowest BCUT2D eigenvalue weighted by Crippen LogP contribution is -2.40. The van der Waals surface area contributed by atoms with Crippen LogP contribution >= 0.6 is 0 Å². The van der Waals surface area contributed by atoms with Gasteiger partial charge in [0.25, 0.3) is 0 Å². The molecule has 138 valence electrons. The molecule has 1 atom stereocenters. The number of carbonyl (C=O) groups excluding carboxylic acids is 1. The quantitative estimate of drug-likeness (QED) is 0.825. The van der Waals surface area contributed by atoms with E-state index in [-0.39, 0.29) is 5.91 Å². The Morgan fingerprint density at radius 2 is 1.96 bits per heavy atom. The van der Waals surface area contributed by atoms with Crippen LogP contribution in [0.4, 0.5) is 0 Å². The minimum atomic E-state index is -1.21. The van der Waals surface area contributed by atoms with Crippen molar-refractivity contribution in [2.24, 2.45) is 5.92 Å². The van der Waals surface area contributed by atoms with Crippen LogP contribution in [0.1, 0.15) is 19.3 Å². The van der Waals surface area contributed by atoms with Gasteiger partial charge in [0.15, 0.2) is 11.5 Å². The van der Waals surface area contributed by atoms with Crippen molar-refractivity contribution in [2.75, 3.05) is 45.6 Å². The van der Waals surface area contributed by atoms with Gasteiger partial charge in [-0.25, -0.2) is 0 Å². The third-order valence-electron chi connectivity index (χ3n) is 4.74. The van der Waals surface area contributed by atoms with Crippen LogP contribution in [0.3, 0.4) is 0 Å². The number of ether oxygens (including phenoxy) is 2. The predicted octanol–water partition coefficient (Wildman–Crippen LogP) is 1.41. The summed E-state index contributed by atoms with van der Waals surface area (Å²) in [6.45, 7) is 3.67. The second kappa shape index (κ2) is 8.67. The topological polar surface area (TPSA) is 67.9 Å². The van der Waals surface area contributed by atoms with Crippen molar-refractivity contribution < 1.29 is 18.5 Å². The number of nitrogens with zero attached hydrogens (tertiary/aromatic N) is 1. The third-order valence-corrected chi connectivity index (χ3v) is 6.09. The maximum absolute atomic E-state index is 12.5. The van der Waals surface area contributed by atoms with Crippen LogP contribution in [-0.4, -0.2) is 60.7 Å². The number of fused-ring (bicyclic) bond motifs is 1. The number of benzene rings is 1. The average molecular weight is 366 g/mol. The number of carbonyl (C=O) groups is 1. The first-order valence-electron chi connectivity index (χ1n) is 8.88. The molecule has 0 saturated carbocycles. The van der Waals surface area contributed by atoms with Crippen molar-refractivity contribution in [3.8, 4) is 11.5 Å². The molecule has 0 radical (unpaired) electrons. The molecule has 3 rings (SSSR count). The number of hydrogen-bond acceptors (Lipinski definition) is 5. The number of likely N-dealkylation sites (tertiary alicyclic amines) is 1. The van der Waals surface area contributed by atoms with Crippen LogP contribution in [0.2, 0.25) is 0 Å². The standard InChI is InChI=1S/C18H26N2O4S/c1-19-13-14-4-7-20(8-5-14)18(21)6-11-25(22)15-2-3-16-17(12-15)24-10-9-23-16/h2-3,12,14,19H,4-11,13H2,1H3. The van der Waals surface area contributed by atoms with Crippen molar-refractivity contribution in [1.29, 1.82) is 0 Å². The summed E-state index contributed by atoms with van der Waals surface area (Å²) in [6, 6.07) is 5.34. The Hall–Kier alpha value is -1.60. The zero-order valence-electron chi connectivity index (χ0n) is 14.7. The average Bonchev–Trinajstić information content (AvgIpc) is 2.66. The highest BCUT2D eigenvalue weighted by molar-refractivity contribution is 7.85. The van der Waals surface area contributed by atoms with Gasteiger partial charge in [-0.15, -0.1) is 0 Å². The van der Waals surface area contributed by atoms with E-state index in [9.17, 15) is 9.00 Å². The summed E-state index contributed by atoms with van der Waals surface area (Å²) >= 11 is 0. The minimum absolute atomic E-state index is 0.105. The molecule has 2 aliphatic heterocycles. The van der Waals surface area contributed by atoms with Gasteiger partial charge in [-0.3, -0.25) is 9.00 Å². The highest BCUT2D eigenvalue weighted by Crippen LogP contribution is 2.31. The predicted molar refractivity (Wildman–Crippen MR) is 96.6 cm³/mol. The number of nitrogens with one attached hydrogen (secondary N) is 1. The fourth-order valence-electron chi connectivity index (χ4n) is 3.30. The maximum Gasteiger partial charge on any atom is 0.223 e. The van der Waals surface area contributed by atoms with Gasteiger partial charge in [0.1, 0.15) is 13.2 Å². The molecule has 1 aromatic carbocycles. The van der Waals surface area contributed by atoms with Crippen LogP contribution in [-0.2, 0) is 15.6 Å². The summed E-state index contributed by atoms with van der Waals surface area (Å²) in [7, 11) is 0.753. The third kappa shape index (κ3) is 4.73. The molecule has 6 nitrogen and oxygen atoms in total. The Bertz CT molecular complexity index is 630. The molecule has 0 aliphatic carbocycles. The smallest absolute Gasteiger partial charge is 0.223 e. The lowest BCUT2D eigenvalue weighted by Gasteiger charge is -2.32. The maximum atomic E-state index is 12.5. The Morgan fingerprint density at radius 3 is 2.68 bits per heavy atom. The van der Waals surface area contributed by atoms with E-state index in [1.54, 1.807) is 18.2 Å². The summed E-state index contributed by atoms with van der Waals surface area (Å²) in [6.07, 6.45) is 2.40. The zero-order valence-corrected chi connectivity index (χ0v) is 15.5. The van der Waals surface area contributed by atoms with Crippen LogP contribution in [0, 0.1) is 5.92 Å². The van der Waals surface area contributed by atoms with Gasteiger partial charge in [-0.05, 0) is 44.5 Å². The van der Waals surface area contributed by atoms with Crippen LogP contribution in [0.5, 0.6) is 11.5 Å². The summed E-state index contributed by atoms with van der Waals surface area (Å²) in [4.78, 5) is 15.0. The Labute approximate surface area is 151 Å². The van der Waals surface area contributed by atoms with E-state index in [0.29, 0.717) is 47.7 Å². The fraction of sp³-hybridized carbons (Fsp3) is 0.611. The van der Waals surface area contributed by atoms with Crippen LogP contribution < -0.4 is 14.8 Å². The SMILES string of the molecule is CNCC1CCN(C(=O)CCS(=O)c2ccc3c(c2)OCCO3)CC1. The summed E-state index contributed by atoms with van der Waals surface area (Å²) in [5.74, 6) is 2.42. The summed E-state index contributed by atoms with van der Waals surface area (Å²) < 4.78 is 23.5. The van der Waals surface area contributed by atoms with Crippen molar-refractivity contribution in [2.45, 2.75) is 24.2 Å². The number of rotatable bonds is 6. The first-order chi connectivity index (χ1) is 12.2. The second-order valence-electron chi connectivity index (χ2n) is 6.49. The van der Waals surface area contributed by atoms with E-state index in [1.807, 2.05) is 11.9 Å². The summed E-state index contributed by atoms with van der Waals surface area (Å²) in [5.41, 5.74) is 0. The van der Waals surface area contributed by atoms with Gasteiger partial charge in [0.05, 0.1) is 10.8 Å². The monoisotopic (exact) mass is 366 g/mol. The second-order valence-corrected chi connectivity index (χ2v) is 8.06. The fourth-order valence-corrected chi connectivity index (χ4v) is 4.35. The molecule has 0 spiro atoms.